The van der Waals surface area contributed by atoms with E-state index in [1.165, 1.54) is 0 Å². The van der Waals surface area contributed by atoms with Crippen molar-refractivity contribution in [3.8, 4) is 0 Å². The van der Waals surface area contributed by atoms with E-state index in [4.69, 9.17) is 0 Å². The van der Waals surface area contributed by atoms with Gasteiger partial charge in [-0.25, -0.2) is 4.94 Å². The summed E-state index contributed by atoms with van der Waals surface area (Å²) in [5.74, 6) is 0. The summed E-state index contributed by atoms with van der Waals surface area (Å²) in [5, 5.41) is 8.38. The van der Waals surface area contributed by atoms with Crippen molar-refractivity contribution in [1.29, 1.82) is 0 Å². The van der Waals surface area contributed by atoms with Crippen LogP contribution >= 0.6 is 0 Å². The maximum atomic E-state index is 9.28. The minimum Gasteiger partial charge on any atom is -0.220 e. The third kappa shape index (κ3) is 5.16. The second-order valence-electron chi connectivity index (χ2n) is 0.813. The van der Waals surface area contributed by atoms with Crippen molar-refractivity contribution in [3.63, 3.8) is 0 Å². The first-order valence-electron chi connectivity index (χ1n) is 1.81. The molecule has 7 heavy (non-hydrogen) atoms. The maximum absolute atomic E-state index is 9.28. The normalized spacial score (nSPS) is 8.14. The number of hydroxylamine groups is 1. The van der Waals surface area contributed by atoms with Gasteiger partial charge in [0.1, 0.15) is 0 Å². The molecule has 5 nitrogen and oxygen atoms in total. The Balaban J connectivity index is 2.82. The highest BCUT2D eigenvalue weighted by atomic mass is 17.0. The third-order valence-electron chi connectivity index (χ3n) is 0.283. The van der Waals surface area contributed by atoms with Crippen molar-refractivity contribution in [2.75, 3.05) is 6.54 Å². The van der Waals surface area contributed by atoms with E-state index in [-0.39, 0.29) is 0 Å². The summed E-state index contributed by atoms with van der Waals surface area (Å²) in [6.45, 7) is 2.13. The Kier molecular flexibility index (Phi) is 2.95. The van der Waals surface area contributed by atoms with Crippen LogP contribution in [-0.4, -0.2) is 11.6 Å². The number of hydrogen-bond acceptors (Lipinski definition) is 4. The molecule has 0 amide bonds. The first kappa shape index (κ1) is 6.16. The van der Waals surface area contributed by atoms with Crippen LogP contribution in [0, 0.1) is 10.1 Å². The molecule has 0 aliphatic heterocycles. The minimum atomic E-state index is -0.899. The lowest BCUT2D eigenvalue weighted by atomic mass is 10.8. The highest BCUT2D eigenvalue weighted by Crippen LogP contribution is 1.62. The van der Waals surface area contributed by atoms with Gasteiger partial charge in [-0.1, -0.05) is 6.92 Å². The molecule has 0 radical (unpaired) electrons. The lowest BCUT2D eigenvalue weighted by Gasteiger charge is -1.91. The minimum absolute atomic E-state index is 0.432. The van der Waals surface area contributed by atoms with Gasteiger partial charge in [-0.3, -0.25) is 0 Å². The fraction of sp³-hybridized carbons (Fsp3) is 1.00. The molecule has 0 atom stereocenters. The molecule has 0 aromatic heterocycles. The van der Waals surface area contributed by atoms with Crippen LogP contribution in [0.4, 0.5) is 0 Å². The van der Waals surface area contributed by atoms with Gasteiger partial charge in [0.15, 0.2) is 0 Å². The van der Waals surface area contributed by atoms with E-state index >= 15 is 0 Å². The number of rotatable bonds is 3. The summed E-state index contributed by atoms with van der Waals surface area (Å²) in [6.07, 6.45) is 0. The summed E-state index contributed by atoms with van der Waals surface area (Å²) in [5.41, 5.74) is 2.05. The van der Waals surface area contributed by atoms with E-state index < -0.39 is 5.09 Å². The quantitative estimate of drug-likeness (QED) is 0.397. The third-order valence-corrected chi connectivity index (χ3v) is 0.283. The van der Waals surface area contributed by atoms with E-state index in [1.807, 2.05) is 5.48 Å². The van der Waals surface area contributed by atoms with Crippen LogP contribution in [0.15, 0.2) is 0 Å². The first-order valence-corrected chi connectivity index (χ1v) is 1.81. The lowest BCUT2D eigenvalue weighted by molar-refractivity contribution is -0.776. The molecule has 0 saturated carbocycles. The topological polar surface area (TPSA) is 64.4 Å². The molecule has 0 heterocycles. The molecule has 0 spiro atoms. The van der Waals surface area contributed by atoms with Crippen molar-refractivity contribution in [2.24, 2.45) is 0 Å². The van der Waals surface area contributed by atoms with E-state index in [0.717, 1.165) is 0 Å². The zero-order chi connectivity index (χ0) is 5.70. The molecule has 1 N–H and O–H groups in total. The predicted octanol–water partition coefficient (Wildman–Crippen LogP) is -0.281. The molecule has 42 valence electrons. The molecule has 0 bridgehead atoms. The van der Waals surface area contributed by atoms with Gasteiger partial charge < -0.3 is 0 Å². The fourth-order valence-corrected chi connectivity index (χ4v) is 0.117. The summed E-state index contributed by atoms with van der Waals surface area (Å²) < 4.78 is 0. The van der Waals surface area contributed by atoms with Crippen LogP contribution in [-0.2, 0) is 4.94 Å². The van der Waals surface area contributed by atoms with Crippen LogP contribution in [0.2, 0.25) is 0 Å². The maximum Gasteiger partial charge on any atom is 0.311 e. The molecule has 0 aliphatic carbocycles. The van der Waals surface area contributed by atoms with Gasteiger partial charge in [-0.05, 0) is 0 Å². The number of nitrogens with one attached hydrogen (secondary N) is 1. The highest BCUT2D eigenvalue weighted by molar-refractivity contribution is 4.07. The molecule has 0 aliphatic rings. The molecule has 0 saturated heterocycles. The van der Waals surface area contributed by atoms with Crippen molar-refractivity contribution in [3.05, 3.63) is 10.1 Å². The van der Waals surface area contributed by atoms with Gasteiger partial charge in [0.05, 0.1) is 0 Å². The van der Waals surface area contributed by atoms with Gasteiger partial charge in [0.2, 0.25) is 0 Å². The Morgan fingerprint density at radius 1 is 2.00 bits per heavy atom. The van der Waals surface area contributed by atoms with E-state index in [9.17, 15) is 10.1 Å². The van der Waals surface area contributed by atoms with Crippen LogP contribution in [0.1, 0.15) is 6.92 Å². The lowest BCUT2D eigenvalue weighted by Crippen LogP contribution is -2.17. The highest BCUT2D eigenvalue weighted by Gasteiger charge is 1.86. The smallest absolute Gasteiger partial charge is 0.220 e. The molecular formula is C2H6N2O3. The molecule has 0 unspecified atom stereocenters. The second-order valence-corrected chi connectivity index (χ2v) is 0.813. The van der Waals surface area contributed by atoms with Gasteiger partial charge in [0, 0.05) is 6.54 Å². The number of nitrogens with zero attached hydrogens (tertiary/aromatic N) is 1. The predicted molar refractivity (Wildman–Crippen MR) is 21.8 cm³/mol. The first-order chi connectivity index (χ1) is 3.27. The van der Waals surface area contributed by atoms with Crippen LogP contribution in [0.25, 0.3) is 0 Å². The van der Waals surface area contributed by atoms with Crippen LogP contribution in [0.3, 0.4) is 0 Å². The van der Waals surface area contributed by atoms with Crippen molar-refractivity contribution < 1.29 is 10.0 Å². The van der Waals surface area contributed by atoms with Gasteiger partial charge in [-0.2, -0.15) is 5.48 Å². The summed E-state index contributed by atoms with van der Waals surface area (Å²) in [4.78, 5) is 12.9. The average Bonchev–Trinajstić information content (AvgIpc) is 1.61. The summed E-state index contributed by atoms with van der Waals surface area (Å²) in [6, 6.07) is 0. The SMILES string of the molecule is CCNO[N+](=O)[O-]. The van der Waals surface area contributed by atoms with E-state index in [2.05, 4.69) is 4.94 Å². The van der Waals surface area contributed by atoms with E-state index in [1.54, 1.807) is 6.92 Å². The van der Waals surface area contributed by atoms with Crippen molar-refractivity contribution in [1.82, 2.24) is 5.48 Å². The van der Waals surface area contributed by atoms with Crippen molar-refractivity contribution >= 4 is 0 Å². The molecule has 0 aromatic rings. The molecular weight excluding hydrogens is 100 g/mol. The largest absolute Gasteiger partial charge is 0.311 e. The summed E-state index contributed by atoms with van der Waals surface area (Å²) in [7, 11) is 0. The molecule has 0 aromatic carbocycles. The van der Waals surface area contributed by atoms with Crippen molar-refractivity contribution in [2.45, 2.75) is 6.92 Å². The summed E-state index contributed by atoms with van der Waals surface area (Å²) >= 11 is 0. The Bertz CT molecular complexity index is 64.0. The Hall–Kier alpha value is -0.840. The van der Waals surface area contributed by atoms with Crippen LogP contribution < -0.4 is 5.48 Å². The van der Waals surface area contributed by atoms with Gasteiger partial charge in [0.25, 0.3) is 0 Å². The Morgan fingerprint density at radius 3 is 2.71 bits per heavy atom. The monoisotopic (exact) mass is 106 g/mol. The Morgan fingerprint density at radius 2 is 2.57 bits per heavy atom. The molecule has 0 rings (SSSR count). The zero-order valence-electron chi connectivity index (χ0n) is 3.88. The molecule has 5 heteroatoms. The second kappa shape index (κ2) is 3.35. The Labute approximate surface area is 40.3 Å². The van der Waals surface area contributed by atoms with Gasteiger partial charge in [-0.15, -0.1) is 10.1 Å². The van der Waals surface area contributed by atoms with E-state index in [0.29, 0.717) is 6.54 Å². The number of hydrogen-bond donors (Lipinski definition) is 1. The standard InChI is InChI=1S/C2H6N2O3/c1-2-3-7-4(5)6/h3H,2H2,1H3. The molecule has 0 fully saturated rings. The fourth-order valence-electron chi connectivity index (χ4n) is 0.117. The average molecular weight is 106 g/mol. The van der Waals surface area contributed by atoms with Crippen LogP contribution in [0.5, 0.6) is 0 Å². The zero-order valence-corrected chi connectivity index (χ0v) is 3.88. The van der Waals surface area contributed by atoms with Gasteiger partial charge >= 0.3 is 5.09 Å².